The van der Waals surface area contributed by atoms with Crippen LogP contribution in [0.3, 0.4) is 0 Å². The van der Waals surface area contributed by atoms with Crippen molar-refractivity contribution in [3.05, 3.63) is 47.5 Å². The fourth-order valence-corrected chi connectivity index (χ4v) is 2.76. The number of carboxylic acids is 1. The number of benzene rings is 1. The molecule has 0 aliphatic carbocycles. The van der Waals surface area contributed by atoms with Crippen LogP contribution < -0.4 is 4.90 Å². The number of aromatic nitrogens is 1. The zero-order chi connectivity index (χ0) is 19.1. The average Bonchev–Trinajstić information content (AvgIpc) is 2.70. The molecule has 1 N–H and O–H groups in total. The smallest absolute Gasteiger partial charge is 0.335 e. The number of aromatic carboxylic acids is 1. The fraction of sp³-hybridized carbons (Fsp3) is 0.429. The largest absolute Gasteiger partial charge is 0.478 e. The number of nitrogens with zero attached hydrogens (tertiary/aromatic N) is 2. The molecular weight excluding hydrogens is 328 g/mol. The molecule has 0 spiro atoms. The Morgan fingerprint density at radius 1 is 1.12 bits per heavy atom. The Hall–Kier alpha value is -2.40. The maximum Gasteiger partial charge on any atom is 0.335 e. The van der Waals surface area contributed by atoms with Crippen molar-refractivity contribution in [2.45, 2.75) is 33.6 Å². The molecule has 5 nitrogen and oxygen atoms in total. The van der Waals surface area contributed by atoms with Crippen LogP contribution in [0.1, 0.15) is 49.5 Å². The van der Waals surface area contributed by atoms with Crippen molar-refractivity contribution >= 4 is 11.8 Å². The SMILES string of the molecule is CC.CC(C)c1cc(-c2ccc(C(=O)O)cc2)nc(N2CCOCC2)c1. The van der Waals surface area contributed by atoms with Crippen molar-refractivity contribution in [1.82, 2.24) is 4.98 Å². The second-order valence-electron chi connectivity index (χ2n) is 6.28. The molecule has 2 aromatic rings. The van der Waals surface area contributed by atoms with Crippen LogP contribution in [-0.4, -0.2) is 42.4 Å². The number of morpholine rings is 1. The molecule has 3 rings (SSSR count). The molecule has 1 aliphatic heterocycles. The molecule has 0 radical (unpaired) electrons. The predicted molar refractivity (Wildman–Crippen MR) is 105 cm³/mol. The molecular formula is C21H28N2O3. The van der Waals surface area contributed by atoms with E-state index < -0.39 is 5.97 Å². The molecule has 140 valence electrons. The lowest BCUT2D eigenvalue weighted by Gasteiger charge is -2.29. The van der Waals surface area contributed by atoms with Gasteiger partial charge in [-0.25, -0.2) is 9.78 Å². The summed E-state index contributed by atoms with van der Waals surface area (Å²) in [5.41, 5.74) is 3.31. The highest BCUT2D eigenvalue weighted by atomic mass is 16.5. The number of ether oxygens (including phenoxy) is 1. The minimum absolute atomic E-state index is 0.284. The second kappa shape index (κ2) is 9.34. The fourth-order valence-electron chi connectivity index (χ4n) is 2.76. The lowest BCUT2D eigenvalue weighted by molar-refractivity contribution is 0.0697. The molecule has 0 bridgehead atoms. The monoisotopic (exact) mass is 356 g/mol. The number of carboxylic acid groups (broad SMARTS) is 1. The molecule has 0 saturated carbocycles. The van der Waals surface area contributed by atoms with E-state index in [-0.39, 0.29) is 5.56 Å². The van der Waals surface area contributed by atoms with E-state index >= 15 is 0 Å². The zero-order valence-electron chi connectivity index (χ0n) is 16.0. The number of hydrogen-bond donors (Lipinski definition) is 1. The van der Waals surface area contributed by atoms with Gasteiger partial charge in [0.2, 0.25) is 0 Å². The van der Waals surface area contributed by atoms with E-state index in [1.165, 1.54) is 5.56 Å². The normalized spacial score (nSPS) is 14.0. The Kier molecular flexibility index (Phi) is 7.16. The summed E-state index contributed by atoms with van der Waals surface area (Å²) >= 11 is 0. The topological polar surface area (TPSA) is 62.7 Å². The standard InChI is InChI=1S/C19H22N2O3.C2H6/c1-13(2)16-11-17(14-3-5-15(6-4-14)19(22)23)20-18(12-16)21-7-9-24-10-8-21;1-2/h3-6,11-13H,7-10H2,1-2H3,(H,22,23);1-2H3. The first-order valence-corrected chi connectivity index (χ1v) is 9.23. The predicted octanol–water partition coefficient (Wildman–Crippen LogP) is 4.43. The third-order valence-corrected chi connectivity index (χ3v) is 4.26. The van der Waals surface area contributed by atoms with Crippen LogP contribution in [0.5, 0.6) is 0 Å². The van der Waals surface area contributed by atoms with Gasteiger partial charge in [-0.1, -0.05) is 39.8 Å². The van der Waals surface area contributed by atoms with E-state index in [0.29, 0.717) is 5.92 Å². The lowest BCUT2D eigenvalue weighted by Crippen LogP contribution is -2.36. The number of pyridine rings is 1. The summed E-state index contributed by atoms with van der Waals surface area (Å²) in [5.74, 6) is 0.436. The molecule has 5 heteroatoms. The van der Waals surface area contributed by atoms with Crippen LogP contribution in [0.15, 0.2) is 36.4 Å². The summed E-state index contributed by atoms with van der Waals surface area (Å²) in [6, 6.07) is 11.1. The molecule has 1 fully saturated rings. The molecule has 0 atom stereocenters. The lowest BCUT2D eigenvalue weighted by atomic mass is 10.0. The second-order valence-corrected chi connectivity index (χ2v) is 6.28. The summed E-state index contributed by atoms with van der Waals surface area (Å²) in [6.07, 6.45) is 0. The van der Waals surface area contributed by atoms with Crippen molar-refractivity contribution in [2.24, 2.45) is 0 Å². The molecule has 2 heterocycles. The highest BCUT2D eigenvalue weighted by molar-refractivity contribution is 5.88. The van der Waals surface area contributed by atoms with Gasteiger partial charge in [0.1, 0.15) is 5.82 Å². The van der Waals surface area contributed by atoms with Crippen molar-refractivity contribution in [2.75, 3.05) is 31.2 Å². The van der Waals surface area contributed by atoms with E-state index in [9.17, 15) is 4.79 Å². The molecule has 0 amide bonds. The van der Waals surface area contributed by atoms with E-state index in [4.69, 9.17) is 14.8 Å². The van der Waals surface area contributed by atoms with Gasteiger partial charge in [0.15, 0.2) is 0 Å². The molecule has 26 heavy (non-hydrogen) atoms. The third kappa shape index (κ3) is 4.82. The Bertz CT molecular complexity index is 721. The molecule has 1 saturated heterocycles. The third-order valence-electron chi connectivity index (χ3n) is 4.26. The molecule has 1 aromatic heterocycles. The van der Waals surface area contributed by atoms with Crippen LogP contribution in [0.25, 0.3) is 11.3 Å². The first-order valence-electron chi connectivity index (χ1n) is 9.23. The number of rotatable bonds is 4. The van der Waals surface area contributed by atoms with E-state index in [1.807, 2.05) is 26.0 Å². The van der Waals surface area contributed by atoms with Crippen molar-refractivity contribution < 1.29 is 14.6 Å². The first-order chi connectivity index (χ1) is 12.5. The van der Waals surface area contributed by atoms with Crippen molar-refractivity contribution in [3.8, 4) is 11.3 Å². The number of anilines is 1. The summed E-state index contributed by atoms with van der Waals surface area (Å²) in [5, 5.41) is 9.04. The van der Waals surface area contributed by atoms with E-state index in [2.05, 4.69) is 30.9 Å². The Morgan fingerprint density at radius 2 is 1.73 bits per heavy atom. The number of hydrogen-bond acceptors (Lipinski definition) is 4. The first kappa shape index (κ1) is 19.9. The maximum atomic E-state index is 11.0. The Balaban J connectivity index is 0.00000117. The summed E-state index contributed by atoms with van der Waals surface area (Å²) < 4.78 is 5.42. The van der Waals surface area contributed by atoms with Gasteiger partial charge in [-0.15, -0.1) is 0 Å². The van der Waals surface area contributed by atoms with Gasteiger partial charge in [0, 0.05) is 18.7 Å². The average molecular weight is 356 g/mol. The number of carbonyl (C=O) groups is 1. The highest BCUT2D eigenvalue weighted by Crippen LogP contribution is 2.27. The van der Waals surface area contributed by atoms with E-state index in [0.717, 1.165) is 43.4 Å². The van der Waals surface area contributed by atoms with Gasteiger partial charge in [0.05, 0.1) is 24.5 Å². The van der Waals surface area contributed by atoms with Crippen LogP contribution in [0.4, 0.5) is 5.82 Å². The minimum atomic E-state index is -0.917. The van der Waals surface area contributed by atoms with Gasteiger partial charge in [0.25, 0.3) is 0 Å². The summed E-state index contributed by atoms with van der Waals surface area (Å²) in [4.78, 5) is 18.1. The Labute approximate surface area is 155 Å². The van der Waals surface area contributed by atoms with Crippen molar-refractivity contribution in [3.63, 3.8) is 0 Å². The highest BCUT2D eigenvalue weighted by Gasteiger charge is 2.16. The zero-order valence-corrected chi connectivity index (χ0v) is 16.0. The molecule has 1 aliphatic rings. The molecule has 0 unspecified atom stereocenters. The summed E-state index contributed by atoms with van der Waals surface area (Å²) in [6.45, 7) is 11.4. The van der Waals surface area contributed by atoms with Gasteiger partial charge in [-0.3, -0.25) is 0 Å². The summed E-state index contributed by atoms with van der Waals surface area (Å²) in [7, 11) is 0. The van der Waals surface area contributed by atoms with Gasteiger partial charge in [-0.05, 0) is 35.7 Å². The minimum Gasteiger partial charge on any atom is -0.478 e. The van der Waals surface area contributed by atoms with Crippen LogP contribution in [0.2, 0.25) is 0 Å². The quantitative estimate of drug-likeness (QED) is 0.878. The molecule has 1 aromatic carbocycles. The van der Waals surface area contributed by atoms with Crippen LogP contribution in [0, 0.1) is 0 Å². The van der Waals surface area contributed by atoms with Gasteiger partial charge in [-0.2, -0.15) is 0 Å². The van der Waals surface area contributed by atoms with Crippen LogP contribution >= 0.6 is 0 Å². The van der Waals surface area contributed by atoms with Crippen molar-refractivity contribution in [1.29, 1.82) is 0 Å². The van der Waals surface area contributed by atoms with Gasteiger partial charge < -0.3 is 14.7 Å². The van der Waals surface area contributed by atoms with E-state index in [1.54, 1.807) is 12.1 Å². The van der Waals surface area contributed by atoms with Crippen LogP contribution in [-0.2, 0) is 4.74 Å². The Morgan fingerprint density at radius 3 is 2.27 bits per heavy atom. The maximum absolute atomic E-state index is 11.0. The van der Waals surface area contributed by atoms with Gasteiger partial charge >= 0.3 is 5.97 Å².